The molecule has 1 aromatic carbocycles. The van der Waals surface area contributed by atoms with Crippen molar-refractivity contribution in [1.82, 2.24) is 14.8 Å². The first-order valence-corrected chi connectivity index (χ1v) is 6.69. The maximum absolute atomic E-state index is 4.51. The molecule has 1 heterocycles. The maximum Gasteiger partial charge on any atom is 0.144 e. The molecule has 0 aliphatic rings. The molecule has 0 saturated heterocycles. The smallest absolute Gasteiger partial charge is 0.144 e. The van der Waals surface area contributed by atoms with Crippen molar-refractivity contribution in [2.24, 2.45) is 0 Å². The topological polar surface area (TPSA) is 22.6 Å². The van der Waals surface area contributed by atoms with Gasteiger partial charge in [0.15, 0.2) is 0 Å². The summed E-state index contributed by atoms with van der Waals surface area (Å²) in [6.45, 7) is 0. The molecule has 0 N–H and O–H groups in total. The van der Waals surface area contributed by atoms with Gasteiger partial charge >= 0.3 is 0 Å². The van der Waals surface area contributed by atoms with Gasteiger partial charge in [0, 0.05) is 11.9 Å². The van der Waals surface area contributed by atoms with Crippen molar-refractivity contribution in [2.45, 2.75) is 6.29 Å². The molecule has 0 atom stereocenters. The summed E-state index contributed by atoms with van der Waals surface area (Å²) in [5.74, 6) is 0.936. The van der Waals surface area contributed by atoms with E-state index in [1.807, 2.05) is 42.6 Å². The molecule has 1 aromatic heterocycles. The fraction of sp³-hybridized carbons (Fsp3) is 0.312. The van der Waals surface area contributed by atoms with E-state index in [-0.39, 0.29) is 6.29 Å². The molecule has 2 rings (SSSR count). The van der Waals surface area contributed by atoms with Gasteiger partial charge in [-0.25, -0.2) is 4.98 Å². The molecule has 20 heavy (non-hydrogen) atoms. The standard InChI is InChI=1S/C16H22N4/c1-18(2)16(19(3)4)20(14-10-6-5-7-11-14)15-12-8-9-13-17-15/h5-13,16H,1-4H3. The minimum Gasteiger partial charge on any atom is -0.297 e. The van der Waals surface area contributed by atoms with Crippen molar-refractivity contribution in [1.29, 1.82) is 0 Å². The lowest BCUT2D eigenvalue weighted by molar-refractivity contribution is 0.134. The van der Waals surface area contributed by atoms with E-state index in [1.165, 1.54) is 0 Å². The molecular formula is C16H22N4. The highest BCUT2D eigenvalue weighted by atomic mass is 15.5. The van der Waals surface area contributed by atoms with E-state index in [0.717, 1.165) is 11.5 Å². The highest BCUT2D eigenvalue weighted by molar-refractivity contribution is 5.60. The van der Waals surface area contributed by atoms with Gasteiger partial charge in [-0.05, 0) is 52.5 Å². The summed E-state index contributed by atoms with van der Waals surface area (Å²) in [4.78, 5) is 11.1. The highest BCUT2D eigenvalue weighted by Crippen LogP contribution is 2.27. The molecule has 4 heteroatoms. The Morgan fingerprint density at radius 1 is 0.800 bits per heavy atom. The summed E-state index contributed by atoms with van der Waals surface area (Å²) in [6, 6.07) is 16.3. The second kappa shape index (κ2) is 6.50. The summed E-state index contributed by atoms with van der Waals surface area (Å²) in [5.41, 5.74) is 1.12. The number of para-hydroxylation sites is 1. The van der Waals surface area contributed by atoms with Crippen LogP contribution in [0.4, 0.5) is 11.5 Å². The van der Waals surface area contributed by atoms with Crippen LogP contribution in [0.5, 0.6) is 0 Å². The zero-order chi connectivity index (χ0) is 14.5. The van der Waals surface area contributed by atoms with Gasteiger partial charge in [0.1, 0.15) is 12.1 Å². The van der Waals surface area contributed by atoms with Crippen molar-refractivity contribution < 1.29 is 0 Å². The zero-order valence-corrected chi connectivity index (χ0v) is 12.6. The third-order valence-electron chi connectivity index (χ3n) is 3.09. The van der Waals surface area contributed by atoms with Crippen LogP contribution in [-0.2, 0) is 0 Å². The van der Waals surface area contributed by atoms with E-state index in [9.17, 15) is 0 Å². The summed E-state index contributed by atoms with van der Waals surface area (Å²) in [6.07, 6.45) is 1.92. The Morgan fingerprint density at radius 3 is 1.90 bits per heavy atom. The lowest BCUT2D eigenvalue weighted by Crippen LogP contribution is -2.52. The predicted molar refractivity (Wildman–Crippen MR) is 84.0 cm³/mol. The average Bonchev–Trinajstić information content (AvgIpc) is 2.45. The van der Waals surface area contributed by atoms with Crippen molar-refractivity contribution in [2.75, 3.05) is 33.1 Å². The fourth-order valence-electron chi connectivity index (χ4n) is 2.39. The molecule has 2 aromatic rings. The van der Waals surface area contributed by atoms with Gasteiger partial charge in [-0.2, -0.15) is 0 Å². The summed E-state index contributed by atoms with van der Waals surface area (Å²) in [7, 11) is 8.29. The molecule has 0 saturated carbocycles. The summed E-state index contributed by atoms with van der Waals surface area (Å²) in [5, 5.41) is 0. The lowest BCUT2D eigenvalue weighted by atomic mass is 10.2. The van der Waals surface area contributed by atoms with Gasteiger partial charge in [0.25, 0.3) is 0 Å². The summed E-state index contributed by atoms with van der Waals surface area (Å²) >= 11 is 0. The number of benzene rings is 1. The van der Waals surface area contributed by atoms with E-state index in [2.05, 4.69) is 60.0 Å². The molecule has 0 amide bonds. The Bertz CT molecular complexity index is 463. The van der Waals surface area contributed by atoms with Crippen molar-refractivity contribution in [3.63, 3.8) is 0 Å². The van der Waals surface area contributed by atoms with E-state index < -0.39 is 0 Å². The summed E-state index contributed by atoms with van der Waals surface area (Å²) < 4.78 is 0. The van der Waals surface area contributed by atoms with Gasteiger partial charge < -0.3 is 0 Å². The number of hydrogen-bond donors (Lipinski definition) is 0. The van der Waals surface area contributed by atoms with Gasteiger partial charge in [-0.3, -0.25) is 14.7 Å². The second-order valence-corrected chi connectivity index (χ2v) is 5.17. The van der Waals surface area contributed by atoms with Gasteiger partial charge in [0.2, 0.25) is 0 Å². The van der Waals surface area contributed by atoms with Gasteiger partial charge in [-0.15, -0.1) is 0 Å². The van der Waals surface area contributed by atoms with Crippen molar-refractivity contribution in [3.8, 4) is 0 Å². The first-order valence-electron chi connectivity index (χ1n) is 6.69. The molecule has 0 radical (unpaired) electrons. The number of pyridine rings is 1. The third-order valence-corrected chi connectivity index (χ3v) is 3.09. The van der Waals surface area contributed by atoms with Crippen molar-refractivity contribution >= 4 is 11.5 Å². The molecule has 0 fully saturated rings. The van der Waals surface area contributed by atoms with Crippen molar-refractivity contribution in [3.05, 3.63) is 54.7 Å². The van der Waals surface area contributed by atoms with Crippen LogP contribution in [0, 0.1) is 0 Å². The van der Waals surface area contributed by atoms with Crippen LogP contribution in [-0.4, -0.2) is 49.3 Å². The second-order valence-electron chi connectivity index (χ2n) is 5.17. The molecular weight excluding hydrogens is 248 g/mol. The Morgan fingerprint density at radius 2 is 1.40 bits per heavy atom. The molecule has 0 bridgehead atoms. The highest BCUT2D eigenvalue weighted by Gasteiger charge is 2.25. The minimum absolute atomic E-state index is 0.0901. The van der Waals surface area contributed by atoms with Gasteiger partial charge in [0.05, 0.1) is 0 Å². The monoisotopic (exact) mass is 270 g/mol. The largest absolute Gasteiger partial charge is 0.297 e. The molecule has 0 spiro atoms. The van der Waals surface area contributed by atoms with E-state index in [0.29, 0.717) is 0 Å². The minimum atomic E-state index is 0.0901. The zero-order valence-electron chi connectivity index (χ0n) is 12.6. The molecule has 106 valence electrons. The van der Waals surface area contributed by atoms with E-state index in [4.69, 9.17) is 0 Å². The SMILES string of the molecule is CN(C)C(N(C)C)N(c1ccccc1)c1ccccn1. The van der Waals surface area contributed by atoms with Crippen LogP contribution in [0.2, 0.25) is 0 Å². The van der Waals surface area contributed by atoms with E-state index >= 15 is 0 Å². The normalized spacial score (nSPS) is 11.3. The Hall–Kier alpha value is -1.91. The third kappa shape index (κ3) is 3.15. The van der Waals surface area contributed by atoms with E-state index in [1.54, 1.807) is 0 Å². The molecule has 0 aliphatic heterocycles. The van der Waals surface area contributed by atoms with Crippen LogP contribution in [0.25, 0.3) is 0 Å². The fourth-order valence-corrected chi connectivity index (χ4v) is 2.39. The van der Waals surface area contributed by atoms with Crippen LogP contribution < -0.4 is 4.90 Å². The molecule has 0 aliphatic carbocycles. The predicted octanol–water partition coefficient (Wildman–Crippen LogP) is 2.63. The van der Waals surface area contributed by atoms with Crippen LogP contribution in [0.1, 0.15) is 0 Å². The average molecular weight is 270 g/mol. The number of nitrogens with zero attached hydrogens (tertiary/aromatic N) is 4. The quantitative estimate of drug-likeness (QED) is 0.779. The van der Waals surface area contributed by atoms with Crippen LogP contribution in [0.3, 0.4) is 0 Å². The number of anilines is 2. The van der Waals surface area contributed by atoms with Crippen LogP contribution in [0.15, 0.2) is 54.7 Å². The first-order chi connectivity index (χ1) is 9.61. The Labute approximate surface area is 121 Å². The Balaban J connectivity index is 2.49. The van der Waals surface area contributed by atoms with Crippen LogP contribution >= 0.6 is 0 Å². The maximum atomic E-state index is 4.51. The number of hydrogen-bond acceptors (Lipinski definition) is 4. The lowest BCUT2D eigenvalue weighted by Gasteiger charge is -2.40. The number of aromatic nitrogens is 1. The van der Waals surface area contributed by atoms with Gasteiger partial charge in [-0.1, -0.05) is 24.3 Å². The number of rotatable bonds is 5. The molecule has 4 nitrogen and oxygen atoms in total. The first kappa shape index (κ1) is 14.5. The Kier molecular flexibility index (Phi) is 4.71. The molecule has 0 unspecified atom stereocenters.